The van der Waals surface area contributed by atoms with Crippen molar-refractivity contribution >= 4 is 7.60 Å². The standard InChI is InChI=1S/C22H39O3P.H3N/c1-2-3-4-5-6-7-8-9-10-11-12-13-14-15-21-16-18-22(19-17-21)20-26(23,24)25;/h16-19H,2-15,20H2,1H3,(H2,23,24,25);1H3. The molecule has 158 valence electrons. The van der Waals surface area contributed by atoms with Gasteiger partial charge in [-0.25, -0.2) is 0 Å². The second-order valence-corrected chi connectivity index (χ2v) is 9.20. The number of hydrogen-bond donors (Lipinski definition) is 2. The number of aryl methyl sites for hydroxylation is 1. The first-order chi connectivity index (χ1) is 12.5. The molecule has 0 radical (unpaired) electrons. The van der Waals surface area contributed by atoms with Crippen LogP contribution in [0.5, 0.6) is 0 Å². The summed E-state index contributed by atoms with van der Waals surface area (Å²) in [7, 11) is -4.20. The lowest BCUT2D eigenvalue weighted by molar-refractivity contribution is -0.194. The van der Waals surface area contributed by atoms with Gasteiger partial charge in [0.15, 0.2) is 0 Å². The van der Waals surface area contributed by atoms with Crippen molar-refractivity contribution in [1.29, 1.82) is 0 Å². The van der Waals surface area contributed by atoms with Crippen LogP contribution in [-0.4, -0.2) is 4.89 Å². The molecule has 0 aliphatic rings. The Balaban J connectivity index is 0.00000676. The van der Waals surface area contributed by atoms with Gasteiger partial charge in [-0.05, 0) is 24.0 Å². The molecular weight excluding hydrogens is 357 g/mol. The van der Waals surface area contributed by atoms with Gasteiger partial charge in [0.05, 0.1) is 0 Å². The predicted octanol–water partition coefficient (Wildman–Crippen LogP) is 6.74. The Morgan fingerprint density at radius 3 is 1.52 bits per heavy atom. The zero-order chi connectivity index (χ0) is 19.1. The molecule has 0 spiro atoms. The van der Waals surface area contributed by atoms with Crippen LogP contribution in [0.4, 0.5) is 0 Å². The van der Waals surface area contributed by atoms with Crippen LogP contribution in [0.1, 0.15) is 102 Å². The number of unbranched alkanes of at least 4 members (excludes halogenated alkanes) is 12. The average molecular weight is 400 g/mol. The maximum atomic E-state index is 10.9. The van der Waals surface area contributed by atoms with Crippen molar-refractivity contribution < 1.29 is 14.4 Å². The Labute approximate surface area is 166 Å². The van der Waals surface area contributed by atoms with E-state index in [2.05, 4.69) is 6.92 Å². The topological polar surface area (TPSA) is 96.9 Å². The predicted molar refractivity (Wildman–Crippen MR) is 115 cm³/mol. The third-order valence-corrected chi connectivity index (χ3v) is 5.74. The molecule has 0 saturated carbocycles. The summed E-state index contributed by atoms with van der Waals surface area (Å²) in [6.45, 7) is 2.27. The lowest BCUT2D eigenvalue weighted by atomic mass is 10.0. The summed E-state index contributed by atoms with van der Waals surface area (Å²) in [6.07, 6.45) is 18.5. The van der Waals surface area contributed by atoms with Gasteiger partial charge in [-0.2, -0.15) is 0 Å². The van der Waals surface area contributed by atoms with Gasteiger partial charge in [0.25, 0.3) is 0 Å². The Morgan fingerprint density at radius 2 is 1.11 bits per heavy atom. The fraction of sp³-hybridized carbons (Fsp3) is 0.727. The Hall–Kier alpha value is -0.670. The minimum atomic E-state index is -4.20. The smallest absolute Gasteiger partial charge is 0.136 e. The van der Waals surface area contributed by atoms with Crippen LogP contribution in [0.3, 0.4) is 0 Å². The van der Waals surface area contributed by atoms with Crippen LogP contribution in [0.25, 0.3) is 0 Å². The largest absolute Gasteiger partial charge is 0.778 e. The minimum absolute atomic E-state index is 0. The van der Waals surface area contributed by atoms with E-state index in [0.717, 1.165) is 6.42 Å². The summed E-state index contributed by atoms with van der Waals surface area (Å²) in [4.78, 5) is 19.8. The molecule has 0 saturated heterocycles. The SMILES string of the molecule is CCCCCCCCCCCCCCCc1ccc(CP(=O)([O-])O)cc1.[NH4+]. The van der Waals surface area contributed by atoms with Crippen molar-refractivity contribution in [1.82, 2.24) is 6.15 Å². The summed E-state index contributed by atoms with van der Waals surface area (Å²) in [5.41, 5.74) is 1.90. The fourth-order valence-corrected chi connectivity index (χ4v) is 4.06. The Bertz CT molecular complexity index is 499. The Kier molecular flexibility index (Phi) is 15.9. The van der Waals surface area contributed by atoms with E-state index < -0.39 is 7.60 Å². The molecule has 27 heavy (non-hydrogen) atoms. The van der Waals surface area contributed by atoms with E-state index >= 15 is 0 Å². The van der Waals surface area contributed by atoms with Crippen LogP contribution < -0.4 is 11.0 Å². The summed E-state index contributed by atoms with van der Waals surface area (Å²) in [5, 5.41) is 0. The molecule has 0 fully saturated rings. The van der Waals surface area contributed by atoms with E-state index in [1.807, 2.05) is 12.1 Å². The molecule has 0 aliphatic carbocycles. The normalized spacial score (nSPS) is 13.1. The molecule has 0 aromatic heterocycles. The molecule has 1 aromatic rings. The lowest BCUT2D eigenvalue weighted by Gasteiger charge is -2.15. The highest BCUT2D eigenvalue weighted by atomic mass is 31.2. The maximum Gasteiger partial charge on any atom is 0.136 e. The van der Waals surface area contributed by atoms with Gasteiger partial charge in [0.1, 0.15) is 7.60 Å². The van der Waals surface area contributed by atoms with E-state index in [-0.39, 0.29) is 12.3 Å². The molecule has 4 nitrogen and oxygen atoms in total. The van der Waals surface area contributed by atoms with Crippen molar-refractivity contribution in [3.8, 4) is 0 Å². The first kappa shape index (κ1) is 26.3. The van der Waals surface area contributed by atoms with E-state index in [0.29, 0.717) is 5.56 Å². The molecule has 0 bridgehead atoms. The number of rotatable bonds is 16. The van der Waals surface area contributed by atoms with Gasteiger partial charge >= 0.3 is 0 Å². The quantitative estimate of drug-likeness (QED) is 0.238. The highest BCUT2D eigenvalue weighted by Crippen LogP contribution is 2.34. The van der Waals surface area contributed by atoms with Crippen molar-refractivity contribution in [3.63, 3.8) is 0 Å². The van der Waals surface area contributed by atoms with E-state index in [9.17, 15) is 9.46 Å². The monoisotopic (exact) mass is 399 g/mol. The highest BCUT2D eigenvalue weighted by molar-refractivity contribution is 7.49. The molecule has 1 atom stereocenters. The first-order valence-electron chi connectivity index (χ1n) is 10.6. The van der Waals surface area contributed by atoms with E-state index in [4.69, 9.17) is 4.89 Å². The third-order valence-electron chi connectivity index (χ3n) is 4.97. The van der Waals surface area contributed by atoms with Crippen LogP contribution in [-0.2, 0) is 17.1 Å². The van der Waals surface area contributed by atoms with Crippen molar-refractivity contribution in [2.45, 2.75) is 103 Å². The zero-order valence-corrected chi connectivity index (χ0v) is 18.5. The Morgan fingerprint density at radius 1 is 0.741 bits per heavy atom. The maximum absolute atomic E-state index is 10.9. The summed E-state index contributed by atoms with van der Waals surface area (Å²) < 4.78 is 10.9. The number of hydrogen-bond acceptors (Lipinski definition) is 2. The van der Waals surface area contributed by atoms with E-state index in [1.54, 1.807) is 12.1 Å². The van der Waals surface area contributed by atoms with Crippen molar-refractivity contribution in [2.75, 3.05) is 0 Å². The molecule has 0 heterocycles. The third kappa shape index (κ3) is 16.0. The average Bonchev–Trinajstić information content (AvgIpc) is 2.59. The second-order valence-electron chi connectivity index (χ2n) is 7.60. The lowest BCUT2D eigenvalue weighted by Crippen LogP contribution is -2.01. The number of benzene rings is 1. The van der Waals surface area contributed by atoms with Gasteiger partial charge in [0.2, 0.25) is 0 Å². The van der Waals surface area contributed by atoms with Gasteiger partial charge in [-0.3, -0.25) is 0 Å². The van der Waals surface area contributed by atoms with Gasteiger partial charge in [-0.15, -0.1) is 0 Å². The summed E-state index contributed by atoms with van der Waals surface area (Å²) in [6, 6.07) is 7.56. The minimum Gasteiger partial charge on any atom is -0.778 e. The molecule has 5 heteroatoms. The molecule has 1 aromatic carbocycles. The number of quaternary nitrogens is 1. The van der Waals surface area contributed by atoms with Crippen LogP contribution in [0.2, 0.25) is 0 Å². The molecule has 1 unspecified atom stereocenters. The molecule has 0 amide bonds. The van der Waals surface area contributed by atoms with Crippen molar-refractivity contribution in [2.24, 2.45) is 0 Å². The molecule has 5 N–H and O–H groups in total. The molecular formula is C22H42NO3P. The molecule has 0 aliphatic heterocycles. The van der Waals surface area contributed by atoms with Crippen molar-refractivity contribution in [3.05, 3.63) is 35.4 Å². The van der Waals surface area contributed by atoms with Crippen LogP contribution in [0.15, 0.2) is 24.3 Å². The first-order valence-corrected chi connectivity index (χ1v) is 12.4. The second kappa shape index (κ2) is 16.3. The molecule has 1 rings (SSSR count). The van der Waals surface area contributed by atoms with Crippen LogP contribution in [0, 0.1) is 0 Å². The highest BCUT2D eigenvalue weighted by Gasteiger charge is 2.04. The van der Waals surface area contributed by atoms with Gasteiger partial charge in [0, 0.05) is 6.16 Å². The fourth-order valence-electron chi connectivity index (χ4n) is 3.39. The summed E-state index contributed by atoms with van der Waals surface area (Å²) >= 11 is 0. The van der Waals surface area contributed by atoms with Crippen LogP contribution >= 0.6 is 7.60 Å². The van der Waals surface area contributed by atoms with Gasteiger partial charge < -0.3 is 20.5 Å². The van der Waals surface area contributed by atoms with E-state index in [1.165, 1.54) is 89.0 Å². The van der Waals surface area contributed by atoms with Gasteiger partial charge in [-0.1, -0.05) is 108 Å². The zero-order valence-electron chi connectivity index (χ0n) is 17.6. The summed E-state index contributed by atoms with van der Waals surface area (Å²) in [5.74, 6) is 0.